The lowest BCUT2D eigenvalue weighted by Crippen LogP contribution is -2.50. The number of ether oxygens (including phenoxy) is 1. The highest BCUT2D eigenvalue weighted by Gasteiger charge is 2.26. The standard InChI is InChI=1S/C15H22N2O2/c1-11-10-16(3)8-9-17(11)13-6-5-7-14(19-4)15(13)12(2)18/h5-7,11H,8-10H2,1-4H3. The van der Waals surface area contributed by atoms with Gasteiger partial charge >= 0.3 is 0 Å². The van der Waals surface area contributed by atoms with Crippen LogP contribution in [-0.4, -0.2) is 50.5 Å². The summed E-state index contributed by atoms with van der Waals surface area (Å²) in [6, 6.07) is 6.21. The number of nitrogens with zero attached hydrogens (tertiary/aromatic N) is 2. The highest BCUT2D eigenvalue weighted by molar-refractivity contribution is 6.02. The average molecular weight is 262 g/mol. The van der Waals surface area contributed by atoms with Gasteiger partial charge in [0.15, 0.2) is 5.78 Å². The minimum absolute atomic E-state index is 0.0542. The van der Waals surface area contributed by atoms with Gasteiger partial charge in [0.05, 0.1) is 18.4 Å². The van der Waals surface area contributed by atoms with Crippen LogP contribution in [0.25, 0.3) is 0 Å². The van der Waals surface area contributed by atoms with E-state index in [-0.39, 0.29) is 5.78 Å². The summed E-state index contributed by atoms with van der Waals surface area (Å²) in [7, 11) is 3.74. The average Bonchev–Trinajstić information content (AvgIpc) is 2.37. The lowest BCUT2D eigenvalue weighted by atomic mass is 10.0. The van der Waals surface area contributed by atoms with Crippen LogP contribution < -0.4 is 9.64 Å². The summed E-state index contributed by atoms with van der Waals surface area (Å²) in [6.45, 7) is 6.75. The minimum Gasteiger partial charge on any atom is -0.496 e. The highest BCUT2D eigenvalue weighted by Crippen LogP contribution is 2.31. The van der Waals surface area contributed by atoms with Gasteiger partial charge in [0.1, 0.15) is 5.75 Å². The Morgan fingerprint density at radius 3 is 2.68 bits per heavy atom. The number of rotatable bonds is 3. The zero-order chi connectivity index (χ0) is 14.0. The van der Waals surface area contributed by atoms with E-state index in [1.54, 1.807) is 14.0 Å². The minimum atomic E-state index is 0.0542. The van der Waals surface area contributed by atoms with E-state index in [0.29, 0.717) is 17.4 Å². The maximum Gasteiger partial charge on any atom is 0.165 e. The topological polar surface area (TPSA) is 32.8 Å². The predicted molar refractivity (Wildman–Crippen MR) is 77.3 cm³/mol. The molecular weight excluding hydrogens is 240 g/mol. The molecule has 1 aliphatic rings. The van der Waals surface area contributed by atoms with Crippen LogP contribution in [0, 0.1) is 0 Å². The van der Waals surface area contributed by atoms with Crippen molar-refractivity contribution < 1.29 is 9.53 Å². The van der Waals surface area contributed by atoms with Crippen LogP contribution in [0.2, 0.25) is 0 Å². The Morgan fingerprint density at radius 1 is 1.37 bits per heavy atom. The first-order chi connectivity index (χ1) is 9.04. The summed E-state index contributed by atoms with van der Waals surface area (Å²) < 4.78 is 5.34. The van der Waals surface area contributed by atoms with Gasteiger partial charge in [0.2, 0.25) is 0 Å². The number of benzene rings is 1. The Morgan fingerprint density at radius 2 is 2.11 bits per heavy atom. The van der Waals surface area contributed by atoms with Gasteiger partial charge in [-0.05, 0) is 33.0 Å². The number of hydrogen-bond donors (Lipinski definition) is 0. The molecule has 0 radical (unpaired) electrons. The van der Waals surface area contributed by atoms with Crippen LogP contribution in [0.15, 0.2) is 18.2 Å². The molecule has 0 spiro atoms. The first-order valence-electron chi connectivity index (χ1n) is 6.67. The summed E-state index contributed by atoms with van der Waals surface area (Å²) in [5, 5.41) is 0. The van der Waals surface area contributed by atoms with Gasteiger partial charge in [-0.3, -0.25) is 4.79 Å². The second-order valence-electron chi connectivity index (χ2n) is 5.22. The number of likely N-dealkylation sites (N-methyl/N-ethyl adjacent to an activating group) is 1. The third-order valence-corrected chi connectivity index (χ3v) is 3.72. The molecule has 1 aromatic rings. The molecule has 4 nitrogen and oxygen atoms in total. The van der Waals surface area contributed by atoms with Crippen molar-refractivity contribution in [3.63, 3.8) is 0 Å². The van der Waals surface area contributed by atoms with Crippen LogP contribution in [-0.2, 0) is 0 Å². The van der Waals surface area contributed by atoms with Gasteiger partial charge in [-0.15, -0.1) is 0 Å². The van der Waals surface area contributed by atoms with E-state index < -0.39 is 0 Å². The van der Waals surface area contributed by atoms with Gasteiger partial charge in [-0.1, -0.05) is 6.07 Å². The molecule has 104 valence electrons. The van der Waals surface area contributed by atoms with Crippen molar-refractivity contribution in [1.29, 1.82) is 0 Å². The van der Waals surface area contributed by atoms with E-state index >= 15 is 0 Å². The molecule has 0 bridgehead atoms. The van der Waals surface area contributed by atoms with Gasteiger partial charge in [0, 0.05) is 25.7 Å². The Labute approximate surface area is 115 Å². The summed E-state index contributed by atoms with van der Waals surface area (Å²) in [5.41, 5.74) is 1.69. The van der Waals surface area contributed by atoms with Crippen molar-refractivity contribution in [2.24, 2.45) is 0 Å². The van der Waals surface area contributed by atoms with Crippen LogP contribution in [0.5, 0.6) is 5.75 Å². The molecule has 4 heteroatoms. The Balaban J connectivity index is 2.41. The lowest BCUT2D eigenvalue weighted by Gasteiger charge is -2.40. The second kappa shape index (κ2) is 5.61. The van der Waals surface area contributed by atoms with E-state index in [1.807, 2.05) is 18.2 Å². The number of methoxy groups -OCH3 is 1. The zero-order valence-corrected chi connectivity index (χ0v) is 12.1. The predicted octanol–water partition coefficient (Wildman–Crippen LogP) is 2.04. The van der Waals surface area contributed by atoms with Crippen LogP contribution in [0.3, 0.4) is 0 Å². The maximum atomic E-state index is 11.9. The summed E-state index contributed by atoms with van der Waals surface area (Å²) >= 11 is 0. The molecular formula is C15H22N2O2. The molecule has 0 amide bonds. The van der Waals surface area contributed by atoms with Crippen LogP contribution >= 0.6 is 0 Å². The first kappa shape index (κ1) is 13.9. The molecule has 2 rings (SSSR count). The first-order valence-corrected chi connectivity index (χ1v) is 6.67. The molecule has 1 heterocycles. The van der Waals surface area contributed by atoms with E-state index in [9.17, 15) is 4.79 Å². The fourth-order valence-corrected chi connectivity index (χ4v) is 2.78. The van der Waals surface area contributed by atoms with E-state index in [0.717, 1.165) is 25.3 Å². The number of hydrogen-bond acceptors (Lipinski definition) is 4. The molecule has 0 aromatic heterocycles. The molecule has 0 aliphatic carbocycles. The molecule has 1 atom stereocenters. The number of piperazine rings is 1. The van der Waals surface area contributed by atoms with Crippen molar-refractivity contribution in [3.05, 3.63) is 23.8 Å². The van der Waals surface area contributed by atoms with Crippen LogP contribution in [0.4, 0.5) is 5.69 Å². The van der Waals surface area contributed by atoms with Crippen LogP contribution in [0.1, 0.15) is 24.2 Å². The normalized spacial score (nSPS) is 20.4. The largest absolute Gasteiger partial charge is 0.496 e. The maximum absolute atomic E-state index is 11.9. The molecule has 0 saturated carbocycles. The van der Waals surface area contributed by atoms with Crippen molar-refractivity contribution in [2.75, 3.05) is 38.7 Å². The monoisotopic (exact) mass is 262 g/mol. The fourth-order valence-electron chi connectivity index (χ4n) is 2.78. The highest BCUT2D eigenvalue weighted by atomic mass is 16.5. The summed E-state index contributed by atoms with van der Waals surface area (Å²) in [6.07, 6.45) is 0. The molecule has 1 unspecified atom stereocenters. The SMILES string of the molecule is COc1cccc(N2CCN(C)CC2C)c1C(C)=O. The number of Topliss-reactive ketones (excluding diaryl/α,β-unsaturated/α-hetero) is 1. The summed E-state index contributed by atoms with van der Waals surface area (Å²) in [5.74, 6) is 0.717. The van der Waals surface area contributed by atoms with Gasteiger partial charge in [-0.25, -0.2) is 0 Å². The summed E-state index contributed by atoms with van der Waals surface area (Å²) in [4.78, 5) is 16.6. The smallest absolute Gasteiger partial charge is 0.165 e. The lowest BCUT2D eigenvalue weighted by molar-refractivity contribution is 0.101. The van der Waals surface area contributed by atoms with Crippen molar-refractivity contribution >= 4 is 11.5 Å². The number of ketones is 1. The van der Waals surface area contributed by atoms with Crippen molar-refractivity contribution in [1.82, 2.24) is 4.90 Å². The van der Waals surface area contributed by atoms with Gasteiger partial charge in [-0.2, -0.15) is 0 Å². The van der Waals surface area contributed by atoms with E-state index in [2.05, 4.69) is 23.8 Å². The Bertz CT molecular complexity index is 473. The van der Waals surface area contributed by atoms with E-state index in [4.69, 9.17) is 4.74 Å². The third-order valence-electron chi connectivity index (χ3n) is 3.72. The molecule has 1 aromatic carbocycles. The second-order valence-corrected chi connectivity index (χ2v) is 5.22. The van der Waals surface area contributed by atoms with Crippen molar-refractivity contribution in [2.45, 2.75) is 19.9 Å². The molecule has 1 aliphatic heterocycles. The number of anilines is 1. The zero-order valence-electron chi connectivity index (χ0n) is 12.1. The van der Waals surface area contributed by atoms with Crippen molar-refractivity contribution in [3.8, 4) is 5.75 Å². The molecule has 1 saturated heterocycles. The number of carbonyl (C=O) groups is 1. The third kappa shape index (κ3) is 2.73. The Kier molecular flexibility index (Phi) is 4.10. The molecule has 0 N–H and O–H groups in total. The molecule has 1 fully saturated rings. The quantitative estimate of drug-likeness (QED) is 0.780. The Hall–Kier alpha value is -1.55. The van der Waals surface area contributed by atoms with E-state index in [1.165, 1.54) is 0 Å². The van der Waals surface area contributed by atoms with Gasteiger partial charge in [0.25, 0.3) is 0 Å². The van der Waals surface area contributed by atoms with Gasteiger partial charge < -0.3 is 14.5 Å². The number of carbonyl (C=O) groups excluding carboxylic acids is 1. The molecule has 19 heavy (non-hydrogen) atoms. The fraction of sp³-hybridized carbons (Fsp3) is 0.533.